The van der Waals surface area contributed by atoms with Gasteiger partial charge in [0.1, 0.15) is 5.82 Å². The number of halogens is 1. The minimum absolute atomic E-state index is 0.0179. The number of likely N-dealkylation sites (N-methyl/N-ethyl adjacent to an activating group) is 1. The lowest BCUT2D eigenvalue weighted by atomic mass is 9.95. The van der Waals surface area contributed by atoms with Gasteiger partial charge in [0.05, 0.1) is 37.1 Å². The lowest BCUT2D eigenvalue weighted by Crippen LogP contribution is -3.12. The van der Waals surface area contributed by atoms with Crippen LogP contribution < -0.4 is 10.0 Å². The van der Waals surface area contributed by atoms with Gasteiger partial charge in [0.15, 0.2) is 0 Å². The number of nitro groups is 1. The average molecular weight is 441 g/mol. The van der Waals surface area contributed by atoms with Gasteiger partial charge in [-0.05, 0) is 37.6 Å². The third kappa shape index (κ3) is 4.38. The number of non-ortho nitro benzene ring substituents is 1. The second kappa shape index (κ2) is 9.69. The number of rotatable bonds is 8. The predicted molar refractivity (Wildman–Crippen MR) is 113 cm³/mol. The number of ketones is 1. The number of carbonyl (C=O) groups is 2. The summed E-state index contributed by atoms with van der Waals surface area (Å²) in [7, 11) is 0. The Labute approximate surface area is 184 Å². The summed E-state index contributed by atoms with van der Waals surface area (Å²) in [5.41, 5.74) is -0.478. The highest BCUT2D eigenvalue weighted by atomic mass is 19.1. The van der Waals surface area contributed by atoms with Gasteiger partial charge in [-0.15, -0.1) is 0 Å². The summed E-state index contributed by atoms with van der Waals surface area (Å²) in [6, 6.07) is 9.32. The Morgan fingerprint density at radius 2 is 1.72 bits per heavy atom. The van der Waals surface area contributed by atoms with Crippen molar-refractivity contribution in [1.29, 1.82) is 0 Å². The van der Waals surface area contributed by atoms with Crippen LogP contribution in [0, 0.1) is 15.9 Å². The summed E-state index contributed by atoms with van der Waals surface area (Å²) < 4.78 is 14.7. The van der Waals surface area contributed by atoms with Gasteiger partial charge in [-0.2, -0.15) is 0 Å². The number of nitrogens with zero attached hydrogens (tertiary/aromatic N) is 2. The molecule has 1 atom stereocenters. The lowest BCUT2D eigenvalue weighted by Gasteiger charge is -2.28. The first-order valence-electron chi connectivity index (χ1n) is 10.4. The van der Waals surface area contributed by atoms with Crippen molar-refractivity contribution in [1.82, 2.24) is 4.90 Å². The van der Waals surface area contributed by atoms with Crippen molar-refractivity contribution in [3.63, 3.8) is 0 Å². The standard InChI is InChI=1S/C23H24FN3O5/c1-3-25(4-2)13-14-26-20(17-7-5-6-8-18(17)24)19(22(29)23(26)30)21(28)15-9-11-16(12-10-15)27(31)32/h5-12,20,28H,3-4,13-14H2,1-2H3/b21-19-. The van der Waals surface area contributed by atoms with Crippen LogP contribution in [0.25, 0.3) is 5.76 Å². The number of nitro benzene ring substituents is 1. The molecule has 0 aliphatic carbocycles. The fourth-order valence-corrected chi connectivity index (χ4v) is 3.89. The van der Waals surface area contributed by atoms with Crippen molar-refractivity contribution >= 4 is 23.1 Å². The fraction of sp³-hybridized carbons (Fsp3) is 0.304. The van der Waals surface area contributed by atoms with E-state index >= 15 is 0 Å². The zero-order chi connectivity index (χ0) is 23.4. The van der Waals surface area contributed by atoms with Gasteiger partial charge in [0, 0.05) is 23.3 Å². The molecule has 1 N–H and O–H groups in total. The topological polar surface area (TPSA) is 108 Å². The number of carbonyl (C=O) groups excluding carboxylic acids is 2. The maximum atomic E-state index is 14.7. The lowest BCUT2D eigenvalue weighted by molar-refractivity contribution is -0.895. The van der Waals surface area contributed by atoms with E-state index in [2.05, 4.69) is 0 Å². The number of Topliss-reactive ketones (excluding diaryl/α,β-unsaturated/α-hetero) is 1. The minimum atomic E-state index is -1.16. The number of hydrogen-bond acceptors (Lipinski definition) is 5. The summed E-state index contributed by atoms with van der Waals surface area (Å²) in [4.78, 5) is 38.5. The highest BCUT2D eigenvalue weighted by Gasteiger charge is 2.45. The van der Waals surface area contributed by atoms with E-state index in [1.165, 1.54) is 40.1 Å². The zero-order valence-electron chi connectivity index (χ0n) is 17.8. The van der Waals surface area contributed by atoms with Crippen LogP contribution in [-0.2, 0) is 9.59 Å². The molecule has 0 aromatic heterocycles. The molecular formula is C23H24FN3O5. The van der Waals surface area contributed by atoms with Gasteiger partial charge in [-0.1, -0.05) is 24.0 Å². The van der Waals surface area contributed by atoms with E-state index < -0.39 is 34.2 Å². The molecule has 1 aliphatic rings. The number of nitrogens with one attached hydrogen (secondary N) is 1. The maximum absolute atomic E-state index is 14.7. The number of amides is 1. The van der Waals surface area contributed by atoms with E-state index in [-0.39, 0.29) is 28.9 Å². The molecule has 2 aromatic rings. The van der Waals surface area contributed by atoms with Gasteiger partial charge >= 0.3 is 0 Å². The van der Waals surface area contributed by atoms with Crippen molar-refractivity contribution < 1.29 is 28.9 Å². The minimum Gasteiger partial charge on any atom is -0.872 e. The number of quaternary nitrogens is 1. The largest absolute Gasteiger partial charge is 0.872 e. The molecule has 0 radical (unpaired) electrons. The third-order valence-electron chi connectivity index (χ3n) is 5.78. The van der Waals surface area contributed by atoms with Gasteiger partial charge in [-0.25, -0.2) is 4.39 Å². The summed E-state index contributed by atoms with van der Waals surface area (Å²) in [5, 5.41) is 24.1. The average Bonchev–Trinajstić information content (AvgIpc) is 3.04. The summed E-state index contributed by atoms with van der Waals surface area (Å²) in [5.74, 6) is -3.20. The van der Waals surface area contributed by atoms with Gasteiger partial charge in [-0.3, -0.25) is 19.7 Å². The molecule has 0 saturated carbocycles. The van der Waals surface area contributed by atoms with Crippen LogP contribution in [0.1, 0.15) is 31.0 Å². The molecule has 3 rings (SSSR count). The number of hydrogen-bond donors (Lipinski definition) is 1. The van der Waals surface area contributed by atoms with Gasteiger partial charge in [0.25, 0.3) is 11.6 Å². The van der Waals surface area contributed by atoms with Crippen molar-refractivity contribution in [2.45, 2.75) is 19.9 Å². The zero-order valence-corrected chi connectivity index (χ0v) is 17.8. The van der Waals surface area contributed by atoms with Crippen LogP contribution in [0.4, 0.5) is 10.1 Å². The Balaban J connectivity index is 2.11. The summed E-state index contributed by atoms with van der Waals surface area (Å²) in [6.07, 6.45) is 0. The molecule has 32 heavy (non-hydrogen) atoms. The van der Waals surface area contributed by atoms with Crippen molar-refractivity contribution in [3.05, 3.63) is 81.2 Å². The first-order valence-corrected chi connectivity index (χ1v) is 10.4. The van der Waals surface area contributed by atoms with E-state index in [1.54, 1.807) is 6.07 Å². The molecule has 1 amide bonds. The summed E-state index contributed by atoms with van der Waals surface area (Å²) in [6.45, 7) is 6.34. The molecule has 1 fully saturated rings. The normalized spacial score (nSPS) is 17.9. The molecule has 1 aliphatic heterocycles. The molecule has 8 nitrogen and oxygen atoms in total. The second-order valence-corrected chi connectivity index (χ2v) is 7.51. The SMILES string of the molecule is CC[NH+](CC)CCN1C(=O)C(=O)/C(=C(\[O-])c2ccc([N+](=O)[O-])cc2)C1c1ccccc1F. The predicted octanol–water partition coefficient (Wildman–Crippen LogP) is 0.883. The van der Waals surface area contributed by atoms with Crippen LogP contribution >= 0.6 is 0 Å². The Morgan fingerprint density at radius 1 is 1.09 bits per heavy atom. The van der Waals surface area contributed by atoms with E-state index in [0.717, 1.165) is 25.2 Å². The molecule has 9 heteroatoms. The number of likely N-dealkylation sites (tertiary alicyclic amines) is 1. The quantitative estimate of drug-likeness (QED) is 0.215. The van der Waals surface area contributed by atoms with Gasteiger partial charge < -0.3 is 14.9 Å². The molecule has 2 aromatic carbocycles. The highest BCUT2D eigenvalue weighted by molar-refractivity contribution is 6.46. The second-order valence-electron chi connectivity index (χ2n) is 7.51. The molecule has 0 spiro atoms. The Hall–Kier alpha value is -3.59. The molecule has 1 unspecified atom stereocenters. The van der Waals surface area contributed by atoms with Crippen LogP contribution in [0.15, 0.2) is 54.1 Å². The van der Waals surface area contributed by atoms with Crippen LogP contribution in [-0.4, -0.2) is 47.7 Å². The van der Waals surface area contributed by atoms with E-state index in [0.29, 0.717) is 6.54 Å². The van der Waals surface area contributed by atoms with E-state index in [9.17, 15) is 29.2 Å². The first kappa shape index (κ1) is 23.1. The van der Waals surface area contributed by atoms with Gasteiger partial charge in [0.2, 0.25) is 5.78 Å². The van der Waals surface area contributed by atoms with E-state index in [4.69, 9.17) is 0 Å². The Bertz CT molecular complexity index is 1060. The van der Waals surface area contributed by atoms with Crippen molar-refractivity contribution in [2.75, 3.05) is 26.2 Å². The van der Waals surface area contributed by atoms with E-state index in [1.807, 2.05) is 13.8 Å². The Morgan fingerprint density at radius 3 is 2.28 bits per heavy atom. The molecule has 1 saturated heterocycles. The van der Waals surface area contributed by atoms with Crippen LogP contribution in [0.2, 0.25) is 0 Å². The van der Waals surface area contributed by atoms with Crippen LogP contribution in [0.3, 0.4) is 0 Å². The monoisotopic (exact) mass is 441 g/mol. The van der Waals surface area contributed by atoms with Crippen LogP contribution in [0.5, 0.6) is 0 Å². The Kier molecular flexibility index (Phi) is 6.99. The maximum Gasteiger partial charge on any atom is 0.295 e. The van der Waals surface area contributed by atoms with Crippen molar-refractivity contribution in [2.24, 2.45) is 0 Å². The fourth-order valence-electron chi connectivity index (χ4n) is 3.89. The number of benzene rings is 2. The highest BCUT2D eigenvalue weighted by Crippen LogP contribution is 2.39. The first-order chi connectivity index (χ1) is 15.3. The van der Waals surface area contributed by atoms with Crippen molar-refractivity contribution in [3.8, 4) is 0 Å². The molecule has 0 bridgehead atoms. The molecular weight excluding hydrogens is 417 g/mol. The molecule has 1 heterocycles. The third-order valence-corrected chi connectivity index (χ3v) is 5.78. The molecule has 168 valence electrons. The smallest absolute Gasteiger partial charge is 0.295 e. The summed E-state index contributed by atoms with van der Waals surface area (Å²) >= 11 is 0.